The molecule has 1 N–H and O–H groups in total. The summed E-state index contributed by atoms with van der Waals surface area (Å²) in [4.78, 5) is 31.5. The van der Waals surface area contributed by atoms with E-state index in [0.717, 1.165) is 14.7 Å². The van der Waals surface area contributed by atoms with E-state index in [4.69, 9.17) is 4.74 Å². The SMILES string of the molecule is Cc1ccc(CNC(=O)COC(=O)c2cc3sc(N(C)C)nc3s2)cc1F. The van der Waals surface area contributed by atoms with E-state index in [9.17, 15) is 14.0 Å². The largest absolute Gasteiger partial charge is 0.451 e. The Kier molecular flexibility index (Phi) is 5.71. The third-order valence-corrected chi connectivity index (χ3v) is 6.03. The van der Waals surface area contributed by atoms with Crippen LogP contribution in [0.15, 0.2) is 24.3 Å². The van der Waals surface area contributed by atoms with E-state index in [1.165, 1.54) is 28.7 Å². The van der Waals surface area contributed by atoms with E-state index >= 15 is 0 Å². The van der Waals surface area contributed by atoms with Crippen LogP contribution in [0.5, 0.6) is 0 Å². The number of hydrogen-bond acceptors (Lipinski definition) is 7. The van der Waals surface area contributed by atoms with Crippen LogP contribution in [0.1, 0.15) is 20.8 Å². The molecule has 0 spiro atoms. The molecule has 3 rings (SSSR count). The first-order chi connectivity index (χ1) is 12.8. The van der Waals surface area contributed by atoms with Crippen LogP contribution in [0.2, 0.25) is 0 Å². The molecule has 0 aliphatic heterocycles. The summed E-state index contributed by atoms with van der Waals surface area (Å²) in [5, 5.41) is 3.46. The number of thiazole rings is 1. The van der Waals surface area contributed by atoms with E-state index in [1.807, 2.05) is 19.0 Å². The molecule has 0 aliphatic rings. The molecule has 0 bridgehead atoms. The Hall–Kier alpha value is -2.52. The number of hydrogen-bond donors (Lipinski definition) is 1. The lowest BCUT2D eigenvalue weighted by Gasteiger charge is -2.07. The molecule has 0 saturated heterocycles. The second-order valence-corrected chi connectivity index (χ2v) is 8.15. The Morgan fingerprint density at radius 3 is 2.70 bits per heavy atom. The highest BCUT2D eigenvalue weighted by atomic mass is 32.1. The smallest absolute Gasteiger partial charge is 0.348 e. The van der Waals surface area contributed by atoms with Crippen LogP contribution in [0.25, 0.3) is 9.53 Å². The summed E-state index contributed by atoms with van der Waals surface area (Å²) in [5.74, 6) is -1.33. The zero-order chi connectivity index (χ0) is 19.6. The Balaban J connectivity index is 1.51. The maximum atomic E-state index is 13.5. The Labute approximate surface area is 163 Å². The number of esters is 1. The molecule has 0 radical (unpaired) electrons. The minimum absolute atomic E-state index is 0.166. The number of aromatic nitrogens is 1. The number of ether oxygens (including phenoxy) is 1. The van der Waals surface area contributed by atoms with Crippen LogP contribution in [0, 0.1) is 12.7 Å². The van der Waals surface area contributed by atoms with Gasteiger partial charge in [-0.2, -0.15) is 0 Å². The number of fused-ring (bicyclic) bond motifs is 1. The van der Waals surface area contributed by atoms with Gasteiger partial charge in [-0.05, 0) is 30.2 Å². The third kappa shape index (κ3) is 4.61. The molecule has 0 fully saturated rings. The van der Waals surface area contributed by atoms with Crippen molar-refractivity contribution in [2.75, 3.05) is 25.6 Å². The fraction of sp³-hybridized carbons (Fsp3) is 0.278. The summed E-state index contributed by atoms with van der Waals surface area (Å²) in [6, 6.07) is 6.47. The monoisotopic (exact) mass is 407 g/mol. The predicted molar refractivity (Wildman–Crippen MR) is 105 cm³/mol. The van der Waals surface area contributed by atoms with Gasteiger partial charge in [-0.15, -0.1) is 11.3 Å². The van der Waals surface area contributed by atoms with E-state index in [-0.39, 0.29) is 12.4 Å². The van der Waals surface area contributed by atoms with Gasteiger partial charge in [-0.1, -0.05) is 23.5 Å². The van der Waals surface area contributed by atoms with Gasteiger partial charge in [0.15, 0.2) is 11.7 Å². The molecule has 27 heavy (non-hydrogen) atoms. The minimum Gasteiger partial charge on any atom is -0.451 e. The maximum Gasteiger partial charge on any atom is 0.348 e. The molecule has 1 amide bonds. The number of anilines is 1. The number of halogens is 1. The van der Waals surface area contributed by atoms with E-state index in [1.54, 1.807) is 25.1 Å². The van der Waals surface area contributed by atoms with Crippen LogP contribution in [0.4, 0.5) is 9.52 Å². The quantitative estimate of drug-likeness (QED) is 0.635. The molecule has 0 unspecified atom stereocenters. The molecule has 6 nitrogen and oxygen atoms in total. The Bertz CT molecular complexity index is 966. The summed E-state index contributed by atoms with van der Waals surface area (Å²) in [7, 11) is 3.81. The van der Waals surface area contributed by atoms with Crippen LogP contribution < -0.4 is 10.2 Å². The first-order valence-electron chi connectivity index (χ1n) is 8.10. The van der Waals surface area contributed by atoms with Crippen molar-refractivity contribution < 1.29 is 18.7 Å². The molecule has 1 aromatic carbocycles. The molecular formula is C18H18FN3O3S2. The summed E-state index contributed by atoms with van der Waals surface area (Å²) >= 11 is 2.72. The van der Waals surface area contributed by atoms with Crippen molar-refractivity contribution in [3.63, 3.8) is 0 Å². The molecule has 3 aromatic rings. The highest BCUT2D eigenvalue weighted by Crippen LogP contribution is 2.34. The average Bonchev–Trinajstić information content (AvgIpc) is 3.20. The zero-order valence-corrected chi connectivity index (χ0v) is 16.7. The predicted octanol–water partition coefficient (Wildman–Crippen LogP) is 3.34. The van der Waals surface area contributed by atoms with Gasteiger partial charge in [0.2, 0.25) is 0 Å². The molecule has 2 heterocycles. The molecule has 142 valence electrons. The number of nitrogens with one attached hydrogen (secondary N) is 1. The average molecular weight is 407 g/mol. The number of carbonyl (C=O) groups excluding carboxylic acids is 2. The molecular weight excluding hydrogens is 389 g/mol. The van der Waals surface area contributed by atoms with Gasteiger partial charge >= 0.3 is 5.97 Å². The Morgan fingerprint density at radius 1 is 1.26 bits per heavy atom. The number of rotatable bonds is 6. The molecule has 0 atom stereocenters. The normalized spacial score (nSPS) is 10.8. The topological polar surface area (TPSA) is 71.5 Å². The highest BCUT2D eigenvalue weighted by molar-refractivity contribution is 7.29. The van der Waals surface area contributed by atoms with E-state index < -0.39 is 18.5 Å². The van der Waals surface area contributed by atoms with Crippen LogP contribution >= 0.6 is 22.7 Å². The van der Waals surface area contributed by atoms with Gasteiger partial charge in [-0.3, -0.25) is 4.79 Å². The molecule has 2 aromatic heterocycles. The van der Waals surface area contributed by atoms with Crippen molar-refractivity contribution in [3.8, 4) is 0 Å². The van der Waals surface area contributed by atoms with Crippen LogP contribution in [-0.4, -0.2) is 37.6 Å². The molecule has 0 aliphatic carbocycles. The van der Waals surface area contributed by atoms with Gasteiger partial charge in [0.25, 0.3) is 5.91 Å². The maximum absolute atomic E-state index is 13.5. The van der Waals surface area contributed by atoms with Crippen LogP contribution in [-0.2, 0) is 16.1 Å². The standard InChI is InChI=1S/C18H18FN3O3S2/c1-10-4-5-11(6-12(10)19)8-20-15(23)9-25-17(24)14-7-13-16(26-14)21-18(27-13)22(2)3/h4-7H,8-9H2,1-3H3,(H,20,23). The second-order valence-electron chi connectivity index (χ2n) is 6.11. The second kappa shape index (κ2) is 8.01. The summed E-state index contributed by atoms with van der Waals surface area (Å²) < 4.78 is 19.4. The number of thiophene rings is 1. The highest BCUT2D eigenvalue weighted by Gasteiger charge is 2.17. The number of carbonyl (C=O) groups is 2. The number of aryl methyl sites for hydroxylation is 1. The van der Waals surface area contributed by atoms with Crippen LogP contribution in [0.3, 0.4) is 0 Å². The van der Waals surface area contributed by atoms with Gasteiger partial charge < -0.3 is 15.0 Å². The molecule has 0 saturated carbocycles. The van der Waals surface area contributed by atoms with Gasteiger partial charge in [0.1, 0.15) is 15.5 Å². The lowest BCUT2D eigenvalue weighted by atomic mass is 10.1. The number of nitrogens with zero attached hydrogens (tertiary/aromatic N) is 2. The fourth-order valence-electron chi connectivity index (χ4n) is 2.22. The van der Waals surface area contributed by atoms with Crippen molar-refractivity contribution in [1.82, 2.24) is 10.3 Å². The first-order valence-corrected chi connectivity index (χ1v) is 9.73. The lowest BCUT2D eigenvalue weighted by molar-refractivity contribution is -0.124. The van der Waals surface area contributed by atoms with E-state index in [2.05, 4.69) is 10.3 Å². The summed E-state index contributed by atoms with van der Waals surface area (Å²) in [6.45, 7) is 1.44. The van der Waals surface area contributed by atoms with Gasteiger partial charge in [0.05, 0.1) is 4.70 Å². The van der Waals surface area contributed by atoms with Crippen molar-refractivity contribution in [2.24, 2.45) is 0 Å². The minimum atomic E-state index is -0.562. The van der Waals surface area contributed by atoms with E-state index in [0.29, 0.717) is 16.0 Å². The fourth-order valence-corrected chi connectivity index (χ4v) is 4.24. The summed E-state index contributed by atoms with van der Waals surface area (Å²) in [6.07, 6.45) is 0. The number of amides is 1. The van der Waals surface area contributed by atoms with Crippen molar-refractivity contribution in [3.05, 3.63) is 46.1 Å². The van der Waals surface area contributed by atoms with Crippen molar-refractivity contribution in [2.45, 2.75) is 13.5 Å². The third-order valence-electron chi connectivity index (χ3n) is 3.72. The number of benzene rings is 1. The Morgan fingerprint density at radius 2 is 2.04 bits per heavy atom. The lowest BCUT2D eigenvalue weighted by Crippen LogP contribution is -2.28. The molecule has 9 heteroatoms. The zero-order valence-electron chi connectivity index (χ0n) is 15.0. The first kappa shape index (κ1) is 19.2. The van der Waals surface area contributed by atoms with Crippen molar-refractivity contribution >= 4 is 49.2 Å². The van der Waals surface area contributed by atoms with Gasteiger partial charge in [-0.25, -0.2) is 14.2 Å². The van der Waals surface area contributed by atoms with Gasteiger partial charge in [0, 0.05) is 20.6 Å². The summed E-state index contributed by atoms with van der Waals surface area (Å²) in [5.41, 5.74) is 1.18. The van der Waals surface area contributed by atoms with Crippen molar-refractivity contribution in [1.29, 1.82) is 0 Å².